The second kappa shape index (κ2) is 20.2. The summed E-state index contributed by atoms with van der Waals surface area (Å²) < 4.78 is 14.7. The van der Waals surface area contributed by atoms with Crippen LogP contribution < -0.4 is 29.6 Å². The third kappa shape index (κ3) is 37.4. The topological polar surface area (TPSA) is 66.8 Å². The van der Waals surface area contributed by atoms with Crippen molar-refractivity contribution in [2.45, 2.75) is 85.0 Å². The molecule has 0 aromatic rings. The van der Waals surface area contributed by atoms with Gasteiger partial charge >= 0.3 is 37.4 Å². The van der Waals surface area contributed by atoms with Gasteiger partial charge in [-0.3, -0.25) is 4.52 Å². The zero-order valence-electron chi connectivity index (χ0n) is 15.2. The molecule has 2 N–H and O–H groups in total. The van der Waals surface area contributed by atoms with E-state index < -0.39 is 7.82 Å². The maximum Gasteiger partial charge on any atom is 1.00 e. The molecule has 4 nitrogen and oxygen atoms in total. The fourth-order valence-electron chi connectivity index (χ4n) is 1.77. The molecule has 0 aliphatic heterocycles. The molecule has 0 spiro atoms. The summed E-state index contributed by atoms with van der Waals surface area (Å²) in [6.07, 6.45) is 12.0. The Morgan fingerprint density at radius 1 is 0.909 bits per heavy atom. The Bertz CT molecular complexity index is 242. The normalized spacial score (nSPS) is 10.9. The Kier molecular flexibility index (Phi) is 25.6. The van der Waals surface area contributed by atoms with E-state index in [1.807, 2.05) is 0 Å². The molecule has 0 rings (SSSR count). The first-order valence-electron chi connectivity index (χ1n) is 8.32. The fraction of sp³-hybridized carbons (Fsp3) is 0.938. The van der Waals surface area contributed by atoms with Crippen LogP contribution in [-0.2, 0) is 9.09 Å². The second-order valence-corrected chi connectivity index (χ2v) is 7.14. The van der Waals surface area contributed by atoms with Gasteiger partial charge < -0.3 is 16.7 Å². The van der Waals surface area contributed by atoms with Crippen LogP contribution in [0.4, 0.5) is 0 Å². The van der Waals surface area contributed by atoms with Crippen molar-refractivity contribution < 1.29 is 48.4 Å². The summed E-state index contributed by atoms with van der Waals surface area (Å²) in [5.74, 6) is 0.583. The molecule has 0 aliphatic carbocycles. The summed E-state index contributed by atoms with van der Waals surface area (Å²) >= 11 is 0. The molecule has 0 fully saturated rings. The molecule has 0 aliphatic rings. The first-order chi connectivity index (χ1) is 9.79. The smallest absolute Gasteiger partial charge is 0.341 e. The molecule has 0 saturated heterocycles. The molecule has 0 amide bonds. The van der Waals surface area contributed by atoms with Gasteiger partial charge in [-0.15, -0.1) is 0 Å². The van der Waals surface area contributed by atoms with Crippen LogP contribution in [0.3, 0.4) is 0 Å². The van der Waals surface area contributed by atoms with Gasteiger partial charge in [-0.2, -0.15) is 5.92 Å². The zero-order chi connectivity index (χ0) is 16.6. The standard InChI is InChI=1S/C12H27O4P.C4H9.Na/c1-2-3-4-5-6-7-8-9-10-11-12-16-17(13,14)15;1-4(2)3;/h2-12H2,1H3,(H2,13,14,15);4H,1H2,2-3H3;/q;-1;+1. The molecular formula is C16H36NaO4P. The first kappa shape index (κ1) is 27.9. The first-order valence-corrected chi connectivity index (χ1v) is 9.85. The van der Waals surface area contributed by atoms with Crippen LogP contribution >= 0.6 is 7.82 Å². The molecule has 0 radical (unpaired) electrons. The van der Waals surface area contributed by atoms with Crippen LogP contribution in [0, 0.1) is 12.8 Å². The molecule has 0 aromatic heterocycles. The second-order valence-electron chi connectivity index (χ2n) is 5.90. The van der Waals surface area contributed by atoms with E-state index in [4.69, 9.17) is 9.79 Å². The Balaban J connectivity index is -0.000000640. The van der Waals surface area contributed by atoms with Gasteiger partial charge in [-0.25, -0.2) is 4.57 Å². The SMILES string of the molecule is CCCCCCCCCCCCOP(=O)(O)O.[CH2-]C(C)C.[Na+]. The monoisotopic (exact) mass is 346 g/mol. The Morgan fingerprint density at radius 2 is 1.23 bits per heavy atom. The number of rotatable bonds is 12. The van der Waals surface area contributed by atoms with Crippen molar-refractivity contribution in [2.24, 2.45) is 5.92 Å². The van der Waals surface area contributed by atoms with Crippen molar-refractivity contribution in [3.8, 4) is 0 Å². The van der Waals surface area contributed by atoms with Crippen molar-refractivity contribution in [3.05, 3.63) is 6.92 Å². The molecule has 0 atom stereocenters. The summed E-state index contributed by atoms with van der Waals surface area (Å²) in [5.41, 5.74) is 0. The largest absolute Gasteiger partial charge is 1.00 e. The van der Waals surface area contributed by atoms with Crippen LogP contribution in [0.2, 0.25) is 0 Å². The quantitative estimate of drug-likeness (QED) is 0.247. The summed E-state index contributed by atoms with van der Waals surface area (Å²) in [6.45, 7) is 10.1. The van der Waals surface area contributed by atoms with E-state index in [-0.39, 0.29) is 36.2 Å². The van der Waals surface area contributed by atoms with Crippen LogP contribution in [0.1, 0.15) is 85.0 Å². The Labute approximate surface area is 160 Å². The summed E-state index contributed by atoms with van der Waals surface area (Å²) in [7, 11) is -4.24. The number of hydrogen-bond donors (Lipinski definition) is 2. The third-order valence-corrected chi connectivity index (χ3v) is 3.28. The molecule has 130 valence electrons. The van der Waals surface area contributed by atoms with Gasteiger partial charge in [-0.1, -0.05) is 78.6 Å². The predicted molar refractivity (Wildman–Crippen MR) is 90.0 cm³/mol. The van der Waals surface area contributed by atoms with E-state index in [0.717, 1.165) is 19.3 Å². The van der Waals surface area contributed by atoms with Crippen molar-refractivity contribution in [3.63, 3.8) is 0 Å². The molecule has 0 saturated carbocycles. The van der Waals surface area contributed by atoms with Crippen LogP contribution in [0.5, 0.6) is 0 Å². The molecule has 0 unspecified atom stereocenters. The average molecular weight is 346 g/mol. The number of phosphoric acid groups is 1. The third-order valence-electron chi connectivity index (χ3n) is 2.76. The van der Waals surface area contributed by atoms with Gasteiger partial charge in [0.05, 0.1) is 6.61 Å². The number of unbranched alkanes of at least 4 members (excludes halogenated alkanes) is 9. The van der Waals surface area contributed by atoms with E-state index in [0.29, 0.717) is 5.92 Å². The molecule has 22 heavy (non-hydrogen) atoms. The van der Waals surface area contributed by atoms with E-state index in [9.17, 15) is 4.57 Å². The van der Waals surface area contributed by atoms with E-state index in [1.165, 1.54) is 44.9 Å². The molecule has 6 heteroatoms. The van der Waals surface area contributed by atoms with Gasteiger partial charge in [0.1, 0.15) is 0 Å². The van der Waals surface area contributed by atoms with E-state index >= 15 is 0 Å². The van der Waals surface area contributed by atoms with Gasteiger partial charge in [0.15, 0.2) is 0 Å². The summed E-state index contributed by atoms with van der Waals surface area (Å²) in [5, 5.41) is 0. The van der Waals surface area contributed by atoms with E-state index in [2.05, 4.69) is 32.2 Å². The minimum absolute atomic E-state index is 0. The Hall–Kier alpha value is 1.11. The number of hydrogen-bond acceptors (Lipinski definition) is 2. The Morgan fingerprint density at radius 3 is 1.55 bits per heavy atom. The maximum atomic E-state index is 10.4. The van der Waals surface area contributed by atoms with Crippen molar-refractivity contribution in [1.82, 2.24) is 0 Å². The zero-order valence-corrected chi connectivity index (χ0v) is 18.1. The molecule has 0 aromatic carbocycles. The van der Waals surface area contributed by atoms with Crippen LogP contribution in [0.25, 0.3) is 0 Å². The van der Waals surface area contributed by atoms with E-state index in [1.54, 1.807) is 0 Å². The van der Waals surface area contributed by atoms with Crippen molar-refractivity contribution >= 4 is 7.82 Å². The molecule has 0 heterocycles. The minimum atomic E-state index is -4.24. The van der Waals surface area contributed by atoms with Crippen molar-refractivity contribution in [1.29, 1.82) is 0 Å². The molecule has 0 bridgehead atoms. The van der Waals surface area contributed by atoms with Crippen LogP contribution in [-0.4, -0.2) is 16.4 Å². The average Bonchev–Trinajstić information content (AvgIpc) is 2.34. The van der Waals surface area contributed by atoms with Gasteiger partial charge in [-0.05, 0) is 6.42 Å². The van der Waals surface area contributed by atoms with Crippen molar-refractivity contribution in [2.75, 3.05) is 6.61 Å². The molecular weight excluding hydrogens is 310 g/mol. The summed E-state index contributed by atoms with van der Waals surface area (Å²) in [4.78, 5) is 16.9. The fourth-order valence-corrected chi connectivity index (χ4v) is 2.14. The van der Waals surface area contributed by atoms with Crippen LogP contribution in [0.15, 0.2) is 0 Å². The maximum absolute atomic E-state index is 10.4. The predicted octanol–water partition coefficient (Wildman–Crippen LogP) is 2.50. The van der Waals surface area contributed by atoms with Gasteiger partial charge in [0.25, 0.3) is 0 Å². The van der Waals surface area contributed by atoms with Gasteiger partial charge in [0.2, 0.25) is 0 Å². The minimum Gasteiger partial charge on any atom is -0.341 e. The number of phosphoric ester groups is 1. The van der Waals surface area contributed by atoms with Gasteiger partial charge in [0, 0.05) is 0 Å². The summed E-state index contributed by atoms with van der Waals surface area (Å²) in [6, 6.07) is 0.